The molecule has 0 spiro atoms. The molecule has 1 aromatic carbocycles. The highest BCUT2D eigenvalue weighted by atomic mass is 16.5. The summed E-state index contributed by atoms with van der Waals surface area (Å²) in [6, 6.07) is 6.10. The summed E-state index contributed by atoms with van der Waals surface area (Å²) in [4.78, 5) is 10.1. The summed E-state index contributed by atoms with van der Waals surface area (Å²) < 4.78 is 11.5. The van der Waals surface area contributed by atoms with E-state index in [0.29, 0.717) is 6.61 Å². The molecule has 2 aromatic heterocycles. The summed E-state index contributed by atoms with van der Waals surface area (Å²) in [5.41, 5.74) is 2.08. The zero-order chi connectivity index (χ0) is 16.4. The second-order valence-corrected chi connectivity index (χ2v) is 6.35. The molecule has 126 valence electrons. The number of pyridine rings is 1. The first-order valence-corrected chi connectivity index (χ1v) is 8.64. The highest BCUT2D eigenvalue weighted by molar-refractivity contribution is 6.07. The highest BCUT2D eigenvalue weighted by Gasteiger charge is 2.13. The van der Waals surface area contributed by atoms with Crippen LogP contribution in [0.1, 0.15) is 19.3 Å². The van der Waals surface area contributed by atoms with E-state index in [4.69, 9.17) is 9.47 Å². The number of aromatic amines is 1. The summed E-state index contributed by atoms with van der Waals surface area (Å²) >= 11 is 0. The van der Waals surface area contributed by atoms with Gasteiger partial charge in [-0.15, -0.1) is 0 Å². The lowest BCUT2D eigenvalue weighted by atomic mass is 10.1. The van der Waals surface area contributed by atoms with Crippen molar-refractivity contribution in [2.75, 3.05) is 33.4 Å². The number of nitrogens with zero attached hydrogens (tertiary/aromatic N) is 2. The molecule has 0 bridgehead atoms. The number of fused-ring (bicyclic) bond motifs is 3. The Kier molecular flexibility index (Phi) is 4.26. The number of ether oxygens (including phenoxy) is 2. The number of nitrogens with one attached hydrogen (secondary N) is 1. The van der Waals surface area contributed by atoms with Crippen molar-refractivity contribution < 1.29 is 9.47 Å². The van der Waals surface area contributed by atoms with Gasteiger partial charge < -0.3 is 19.4 Å². The SMILES string of the molecule is COc1cc2c(cc1OCCCN1CCCC1)[nH]c1cnccc12. The second kappa shape index (κ2) is 6.69. The Morgan fingerprint density at radius 3 is 2.83 bits per heavy atom. The van der Waals surface area contributed by atoms with Crippen molar-refractivity contribution in [2.45, 2.75) is 19.3 Å². The van der Waals surface area contributed by atoms with Crippen LogP contribution in [0.4, 0.5) is 0 Å². The van der Waals surface area contributed by atoms with Gasteiger partial charge in [-0.25, -0.2) is 0 Å². The number of methoxy groups -OCH3 is 1. The summed E-state index contributed by atoms with van der Waals surface area (Å²) in [7, 11) is 1.69. The first-order valence-electron chi connectivity index (χ1n) is 8.64. The molecule has 0 atom stereocenters. The molecule has 0 aliphatic carbocycles. The van der Waals surface area contributed by atoms with E-state index in [1.54, 1.807) is 7.11 Å². The van der Waals surface area contributed by atoms with Crippen LogP contribution < -0.4 is 9.47 Å². The predicted octanol–water partition coefficient (Wildman–Crippen LogP) is 3.59. The number of hydrogen-bond acceptors (Lipinski definition) is 4. The molecular weight excluding hydrogens is 302 g/mol. The molecule has 1 saturated heterocycles. The van der Waals surface area contributed by atoms with E-state index in [0.717, 1.165) is 46.3 Å². The van der Waals surface area contributed by atoms with Crippen molar-refractivity contribution in [1.29, 1.82) is 0 Å². The smallest absolute Gasteiger partial charge is 0.163 e. The Morgan fingerprint density at radius 2 is 2.00 bits per heavy atom. The van der Waals surface area contributed by atoms with Gasteiger partial charge in [0.1, 0.15) is 0 Å². The minimum absolute atomic E-state index is 0.708. The maximum Gasteiger partial charge on any atom is 0.163 e. The van der Waals surface area contributed by atoms with Crippen LogP contribution in [-0.4, -0.2) is 48.2 Å². The maximum atomic E-state index is 6.00. The number of hydrogen-bond donors (Lipinski definition) is 1. The van der Waals surface area contributed by atoms with Gasteiger partial charge in [0.15, 0.2) is 11.5 Å². The fourth-order valence-electron chi connectivity index (χ4n) is 3.51. The highest BCUT2D eigenvalue weighted by Crippen LogP contribution is 2.35. The Bertz CT molecular complexity index is 837. The Hall–Kier alpha value is -2.27. The molecule has 1 aliphatic rings. The van der Waals surface area contributed by atoms with Crippen LogP contribution in [0.15, 0.2) is 30.6 Å². The number of H-pyrrole nitrogens is 1. The standard InChI is InChI=1S/C19H23N3O2/c1-23-18-11-15-14-5-6-20-13-17(14)21-16(15)12-19(18)24-10-4-9-22-7-2-3-8-22/h5-6,11-13,21H,2-4,7-10H2,1H3. The molecule has 5 nitrogen and oxygen atoms in total. The van der Waals surface area contributed by atoms with Crippen LogP contribution >= 0.6 is 0 Å². The fraction of sp³-hybridized carbons (Fsp3) is 0.421. The molecule has 1 aliphatic heterocycles. The first kappa shape index (κ1) is 15.3. The lowest BCUT2D eigenvalue weighted by molar-refractivity contribution is 0.254. The molecular formula is C19H23N3O2. The van der Waals surface area contributed by atoms with Crippen LogP contribution in [0.25, 0.3) is 21.8 Å². The van der Waals surface area contributed by atoms with Crippen molar-refractivity contribution in [3.63, 3.8) is 0 Å². The molecule has 0 amide bonds. The zero-order valence-electron chi connectivity index (χ0n) is 14.0. The minimum Gasteiger partial charge on any atom is -0.493 e. The Morgan fingerprint density at radius 1 is 1.12 bits per heavy atom. The summed E-state index contributed by atoms with van der Waals surface area (Å²) in [5, 5.41) is 2.28. The molecule has 0 saturated carbocycles. The van der Waals surface area contributed by atoms with Gasteiger partial charge in [-0.3, -0.25) is 4.98 Å². The number of benzene rings is 1. The topological polar surface area (TPSA) is 50.4 Å². The molecule has 3 aromatic rings. The quantitative estimate of drug-likeness (QED) is 0.704. The molecule has 0 unspecified atom stereocenters. The van der Waals surface area contributed by atoms with E-state index < -0.39 is 0 Å². The van der Waals surface area contributed by atoms with E-state index >= 15 is 0 Å². The lowest BCUT2D eigenvalue weighted by Gasteiger charge is -2.15. The molecule has 5 heteroatoms. The molecule has 4 rings (SSSR count). The van der Waals surface area contributed by atoms with Crippen LogP contribution in [-0.2, 0) is 0 Å². The van der Waals surface area contributed by atoms with Gasteiger partial charge in [-0.2, -0.15) is 0 Å². The monoisotopic (exact) mass is 325 g/mol. The predicted molar refractivity (Wildman–Crippen MR) is 95.9 cm³/mol. The summed E-state index contributed by atoms with van der Waals surface area (Å²) in [5.74, 6) is 1.58. The van der Waals surface area contributed by atoms with E-state index in [-0.39, 0.29) is 0 Å². The number of rotatable bonds is 6. The van der Waals surface area contributed by atoms with Gasteiger partial charge in [-0.1, -0.05) is 0 Å². The van der Waals surface area contributed by atoms with E-state index in [1.165, 1.54) is 25.9 Å². The average Bonchev–Trinajstić information content (AvgIpc) is 3.25. The van der Waals surface area contributed by atoms with Crippen LogP contribution in [0.2, 0.25) is 0 Å². The van der Waals surface area contributed by atoms with Crippen LogP contribution in [0.3, 0.4) is 0 Å². The first-order chi connectivity index (χ1) is 11.8. The molecule has 0 radical (unpaired) electrons. The van der Waals surface area contributed by atoms with Crippen molar-refractivity contribution in [3.8, 4) is 11.5 Å². The third kappa shape index (κ3) is 2.91. The van der Waals surface area contributed by atoms with E-state index in [1.807, 2.05) is 30.6 Å². The van der Waals surface area contributed by atoms with Crippen LogP contribution in [0.5, 0.6) is 11.5 Å². The minimum atomic E-state index is 0.708. The zero-order valence-corrected chi connectivity index (χ0v) is 14.0. The number of aromatic nitrogens is 2. The second-order valence-electron chi connectivity index (χ2n) is 6.35. The van der Waals surface area contributed by atoms with Crippen LogP contribution in [0, 0.1) is 0 Å². The molecule has 1 N–H and O–H groups in total. The van der Waals surface area contributed by atoms with E-state index in [9.17, 15) is 0 Å². The number of likely N-dealkylation sites (tertiary alicyclic amines) is 1. The van der Waals surface area contributed by atoms with Crippen molar-refractivity contribution in [3.05, 3.63) is 30.6 Å². The normalized spacial score (nSPS) is 15.4. The van der Waals surface area contributed by atoms with Gasteiger partial charge in [-0.05, 0) is 44.5 Å². The third-order valence-corrected chi connectivity index (χ3v) is 4.76. The lowest BCUT2D eigenvalue weighted by Crippen LogP contribution is -2.21. The molecule has 1 fully saturated rings. The van der Waals surface area contributed by atoms with Gasteiger partial charge in [0, 0.05) is 29.6 Å². The Balaban J connectivity index is 1.52. The van der Waals surface area contributed by atoms with Gasteiger partial charge in [0.2, 0.25) is 0 Å². The molecule has 3 heterocycles. The third-order valence-electron chi connectivity index (χ3n) is 4.76. The summed E-state index contributed by atoms with van der Waals surface area (Å²) in [6.45, 7) is 4.29. The average molecular weight is 325 g/mol. The Labute approximate surface area is 141 Å². The fourth-order valence-corrected chi connectivity index (χ4v) is 3.51. The maximum absolute atomic E-state index is 6.00. The van der Waals surface area contributed by atoms with Crippen molar-refractivity contribution in [2.24, 2.45) is 0 Å². The van der Waals surface area contributed by atoms with Crippen molar-refractivity contribution >= 4 is 21.8 Å². The van der Waals surface area contributed by atoms with Gasteiger partial charge >= 0.3 is 0 Å². The summed E-state index contributed by atoms with van der Waals surface area (Å²) in [6.07, 6.45) is 7.36. The largest absolute Gasteiger partial charge is 0.493 e. The van der Waals surface area contributed by atoms with E-state index in [2.05, 4.69) is 14.9 Å². The van der Waals surface area contributed by atoms with Gasteiger partial charge in [0.25, 0.3) is 0 Å². The van der Waals surface area contributed by atoms with Crippen molar-refractivity contribution in [1.82, 2.24) is 14.9 Å². The van der Waals surface area contributed by atoms with Gasteiger partial charge in [0.05, 0.1) is 30.9 Å². The molecule has 24 heavy (non-hydrogen) atoms.